The molecule has 3 nitrogen and oxygen atoms in total. The number of hydrogen-bond donors (Lipinski definition) is 1. The van der Waals surface area contributed by atoms with E-state index in [0.29, 0.717) is 5.92 Å². The van der Waals surface area contributed by atoms with Crippen LogP contribution in [0.2, 0.25) is 0 Å². The maximum Gasteiger partial charge on any atom is 0.0376 e. The fourth-order valence-corrected chi connectivity index (χ4v) is 3.45. The van der Waals surface area contributed by atoms with Gasteiger partial charge < -0.3 is 15.1 Å². The third-order valence-corrected chi connectivity index (χ3v) is 4.63. The molecule has 1 aromatic carbocycles. The quantitative estimate of drug-likeness (QED) is 0.898. The zero-order valence-corrected chi connectivity index (χ0v) is 12.1. The summed E-state index contributed by atoms with van der Waals surface area (Å²) in [7, 11) is 4.42. The Morgan fingerprint density at radius 2 is 2.16 bits per heavy atom. The fourth-order valence-electron chi connectivity index (χ4n) is 3.45. The van der Waals surface area contributed by atoms with E-state index >= 15 is 0 Å². The highest BCUT2D eigenvalue weighted by molar-refractivity contribution is 5.57. The molecule has 1 N–H and O–H groups in total. The van der Waals surface area contributed by atoms with Gasteiger partial charge >= 0.3 is 0 Å². The monoisotopic (exact) mass is 259 g/mol. The molecule has 1 fully saturated rings. The Labute approximate surface area is 116 Å². The molecule has 1 aromatic rings. The second-order valence-electron chi connectivity index (χ2n) is 6.18. The van der Waals surface area contributed by atoms with Crippen LogP contribution in [0.25, 0.3) is 0 Å². The van der Waals surface area contributed by atoms with Gasteiger partial charge in [0, 0.05) is 37.3 Å². The number of nitrogens with one attached hydrogen (secondary N) is 1. The molecule has 3 heteroatoms. The van der Waals surface area contributed by atoms with Crippen molar-refractivity contribution in [1.29, 1.82) is 0 Å². The molecule has 19 heavy (non-hydrogen) atoms. The van der Waals surface area contributed by atoms with Crippen LogP contribution in [0, 0.1) is 0 Å². The molecule has 0 radical (unpaired) electrons. The second-order valence-corrected chi connectivity index (χ2v) is 6.18. The van der Waals surface area contributed by atoms with Gasteiger partial charge in [-0.2, -0.15) is 0 Å². The standard InChI is InChI=1S/C16H25N3/c1-18(2)14-6-5-9-19(12-14)11-13-10-17-16-8-4-3-7-15(13)16/h3-4,7-8,13-14,17H,5-6,9-12H2,1-2H3. The van der Waals surface area contributed by atoms with Crippen molar-refractivity contribution in [3.05, 3.63) is 29.8 Å². The first-order valence-corrected chi connectivity index (χ1v) is 7.45. The molecule has 2 aliphatic rings. The van der Waals surface area contributed by atoms with E-state index in [2.05, 4.69) is 53.5 Å². The largest absolute Gasteiger partial charge is 0.384 e. The van der Waals surface area contributed by atoms with Crippen molar-refractivity contribution in [1.82, 2.24) is 9.80 Å². The summed E-state index contributed by atoms with van der Waals surface area (Å²) < 4.78 is 0. The van der Waals surface area contributed by atoms with Crippen molar-refractivity contribution in [3.8, 4) is 0 Å². The van der Waals surface area contributed by atoms with Crippen molar-refractivity contribution in [2.24, 2.45) is 0 Å². The molecular formula is C16H25N3. The fraction of sp³-hybridized carbons (Fsp3) is 0.625. The van der Waals surface area contributed by atoms with E-state index < -0.39 is 0 Å². The summed E-state index contributed by atoms with van der Waals surface area (Å²) in [6, 6.07) is 9.51. The van der Waals surface area contributed by atoms with Crippen molar-refractivity contribution >= 4 is 5.69 Å². The van der Waals surface area contributed by atoms with Gasteiger partial charge in [0.2, 0.25) is 0 Å². The maximum absolute atomic E-state index is 3.54. The summed E-state index contributed by atoms with van der Waals surface area (Å²) in [5.41, 5.74) is 2.85. The smallest absolute Gasteiger partial charge is 0.0376 e. The van der Waals surface area contributed by atoms with Gasteiger partial charge in [-0.1, -0.05) is 18.2 Å². The van der Waals surface area contributed by atoms with Gasteiger partial charge in [-0.25, -0.2) is 0 Å². The van der Waals surface area contributed by atoms with Crippen LogP contribution in [0.1, 0.15) is 24.3 Å². The van der Waals surface area contributed by atoms with Gasteiger partial charge in [-0.05, 0) is 45.1 Å². The number of likely N-dealkylation sites (tertiary alicyclic amines) is 1. The third kappa shape index (κ3) is 2.77. The van der Waals surface area contributed by atoms with E-state index in [1.165, 1.54) is 43.7 Å². The van der Waals surface area contributed by atoms with E-state index in [1.54, 1.807) is 0 Å². The van der Waals surface area contributed by atoms with Crippen LogP contribution in [0.5, 0.6) is 0 Å². The van der Waals surface area contributed by atoms with E-state index in [4.69, 9.17) is 0 Å². The zero-order chi connectivity index (χ0) is 13.2. The van der Waals surface area contributed by atoms with Gasteiger partial charge in [0.1, 0.15) is 0 Å². The Balaban J connectivity index is 1.63. The lowest BCUT2D eigenvalue weighted by Crippen LogP contribution is -2.46. The van der Waals surface area contributed by atoms with Gasteiger partial charge in [-0.15, -0.1) is 0 Å². The number of anilines is 1. The molecule has 3 rings (SSSR count). The average Bonchev–Trinajstić information content (AvgIpc) is 2.83. The minimum Gasteiger partial charge on any atom is -0.384 e. The van der Waals surface area contributed by atoms with Crippen LogP contribution in [0.3, 0.4) is 0 Å². The highest BCUT2D eigenvalue weighted by Gasteiger charge is 2.27. The molecule has 2 aliphatic heterocycles. The van der Waals surface area contributed by atoms with Crippen LogP contribution >= 0.6 is 0 Å². The van der Waals surface area contributed by atoms with Gasteiger partial charge in [0.25, 0.3) is 0 Å². The molecule has 0 aliphatic carbocycles. The number of hydrogen-bond acceptors (Lipinski definition) is 3. The summed E-state index contributed by atoms with van der Waals surface area (Å²) >= 11 is 0. The molecule has 0 spiro atoms. The van der Waals surface area contributed by atoms with Crippen LogP contribution in [0.15, 0.2) is 24.3 Å². The molecule has 2 atom stereocenters. The van der Waals surface area contributed by atoms with Crippen LogP contribution in [-0.2, 0) is 0 Å². The molecule has 2 heterocycles. The summed E-state index contributed by atoms with van der Waals surface area (Å²) in [5, 5.41) is 3.54. The van der Waals surface area contributed by atoms with Crippen molar-refractivity contribution in [2.45, 2.75) is 24.8 Å². The van der Waals surface area contributed by atoms with E-state index in [9.17, 15) is 0 Å². The Morgan fingerprint density at radius 3 is 3.00 bits per heavy atom. The van der Waals surface area contributed by atoms with Crippen LogP contribution in [0.4, 0.5) is 5.69 Å². The molecule has 0 bridgehead atoms. The normalized spacial score (nSPS) is 27.3. The van der Waals surface area contributed by atoms with Gasteiger partial charge in [0.15, 0.2) is 0 Å². The molecule has 2 unspecified atom stereocenters. The highest BCUT2D eigenvalue weighted by atomic mass is 15.2. The number of rotatable bonds is 3. The topological polar surface area (TPSA) is 18.5 Å². The Bertz CT molecular complexity index is 430. The predicted molar refractivity (Wildman–Crippen MR) is 80.8 cm³/mol. The minimum absolute atomic E-state index is 0.664. The van der Waals surface area contributed by atoms with Gasteiger partial charge in [-0.3, -0.25) is 0 Å². The molecule has 0 saturated carbocycles. The number of nitrogens with zero attached hydrogens (tertiary/aromatic N) is 2. The number of piperidine rings is 1. The van der Waals surface area contributed by atoms with Crippen molar-refractivity contribution in [2.75, 3.05) is 45.6 Å². The lowest BCUT2D eigenvalue weighted by molar-refractivity contribution is 0.129. The summed E-state index contributed by atoms with van der Waals surface area (Å²) in [6.07, 6.45) is 2.69. The second kappa shape index (κ2) is 5.51. The van der Waals surface area contributed by atoms with Crippen LogP contribution < -0.4 is 5.32 Å². The number of fused-ring (bicyclic) bond motifs is 1. The summed E-state index contributed by atoms with van der Waals surface area (Å²) in [6.45, 7) is 4.80. The van der Waals surface area contributed by atoms with Crippen molar-refractivity contribution < 1.29 is 0 Å². The Hall–Kier alpha value is -1.06. The third-order valence-electron chi connectivity index (χ3n) is 4.63. The molecule has 0 amide bonds. The first kappa shape index (κ1) is 12.9. The van der Waals surface area contributed by atoms with E-state index in [1.807, 2.05) is 0 Å². The minimum atomic E-state index is 0.664. The number of para-hydroxylation sites is 1. The first-order valence-electron chi connectivity index (χ1n) is 7.45. The molecule has 104 valence electrons. The van der Waals surface area contributed by atoms with Gasteiger partial charge in [0.05, 0.1) is 0 Å². The lowest BCUT2D eigenvalue weighted by atomic mass is 9.98. The zero-order valence-electron chi connectivity index (χ0n) is 12.1. The molecular weight excluding hydrogens is 234 g/mol. The average molecular weight is 259 g/mol. The van der Waals surface area contributed by atoms with E-state index in [-0.39, 0.29) is 0 Å². The Morgan fingerprint density at radius 1 is 1.32 bits per heavy atom. The maximum atomic E-state index is 3.54. The molecule has 1 saturated heterocycles. The molecule has 0 aromatic heterocycles. The van der Waals surface area contributed by atoms with Crippen molar-refractivity contribution in [3.63, 3.8) is 0 Å². The predicted octanol–water partition coefficient (Wildman–Crippen LogP) is 2.22. The van der Waals surface area contributed by atoms with Crippen LogP contribution in [-0.4, -0.2) is 56.1 Å². The number of benzene rings is 1. The SMILES string of the molecule is CN(C)C1CCCN(CC2CNc3ccccc32)C1. The summed E-state index contributed by atoms with van der Waals surface area (Å²) in [5.74, 6) is 0.664. The Kier molecular flexibility index (Phi) is 3.76. The lowest BCUT2D eigenvalue weighted by Gasteiger charge is -2.37. The number of likely N-dealkylation sites (N-methyl/N-ethyl adjacent to an activating group) is 1. The first-order chi connectivity index (χ1) is 9.24. The highest BCUT2D eigenvalue weighted by Crippen LogP contribution is 2.32. The summed E-state index contributed by atoms with van der Waals surface area (Å²) in [4.78, 5) is 5.04. The van der Waals surface area contributed by atoms with E-state index in [0.717, 1.165) is 12.6 Å².